The average Bonchev–Trinajstić information content (AvgIpc) is 2.88. The first-order chi connectivity index (χ1) is 5.88. The fraction of sp³-hybridized carbons (Fsp3) is 1.00. The standard InChI is InChI=1S/C11H23N/c1-3-5-6-9-12-11(4-2)10-7-8-10/h10-12H,3-9H2,1-2H3. The molecule has 0 saturated heterocycles. The second-order valence-electron chi connectivity index (χ2n) is 4.01. The van der Waals surface area contributed by atoms with E-state index >= 15 is 0 Å². The summed E-state index contributed by atoms with van der Waals surface area (Å²) in [4.78, 5) is 0. The first-order valence-electron chi connectivity index (χ1n) is 5.61. The van der Waals surface area contributed by atoms with E-state index in [1.165, 1.54) is 45.1 Å². The molecule has 1 aliphatic carbocycles. The van der Waals surface area contributed by atoms with Gasteiger partial charge >= 0.3 is 0 Å². The van der Waals surface area contributed by atoms with Crippen LogP contribution in [0.5, 0.6) is 0 Å². The van der Waals surface area contributed by atoms with Crippen molar-refractivity contribution in [1.29, 1.82) is 0 Å². The Bertz CT molecular complexity index is 108. The first-order valence-corrected chi connectivity index (χ1v) is 5.61. The predicted molar refractivity (Wildman–Crippen MR) is 54.3 cm³/mol. The van der Waals surface area contributed by atoms with E-state index in [9.17, 15) is 0 Å². The van der Waals surface area contributed by atoms with E-state index in [1.807, 2.05) is 0 Å². The molecule has 0 bridgehead atoms. The molecule has 0 radical (unpaired) electrons. The van der Waals surface area contributed by atoms with Crippen LogP contribution in [0.15, 0.2) is 0 Å². The molecule has 1 rings (SSSR count). The van der Waals surface area contributed by atoms with Crippen LogP contribution < -0.4 is 5.32 Å². The molecule has 1 aliphatic rings. The highest BCUT2D eigenvalue weighted by atomic mass is 14.9. The van der Waals surface area contributed by atoms with Gasteiger partial charge in [0.15, 0.2) is 0 Å². The lowest BCUT2D eigenvalue weighted by molar-refractivity contribution is 0.442. The van der Waals surface area contributed by atoms with Crippen molar-refractivity contribution in [1.82, 2.24) is 5.32 Å². The number of hydrogen-bond acceptors (Lipinski definition) is 1. The maximum Gasteiger partial charge on any atom is 0.00927 e. The van der Waals surface area contributed by atoms with E-state index in [-0.39, 0.29) is 0 Å². The van der Waals surface area contributed by atoms with Gasteiger partial charge in [0.1, 0.15) is 0 Å². The molecule has 1 unspecified atom stereocenters. The Morgan fingerprint density at radius 1 is 1.25 bits per heavy atom. The number of unbranched alkanes of at least 4 members (excludes halogenated alkanes) is 2. The minimum Gasteiger partial charge on any atom is -0.314 e. The van der Waals surface area contributed by atoms with E-state index in [2.05, 4.69) is 19.2 Å². The third kappa shape index (κ3) is 3.57. The minimum atomic E-state index is 0.835. The summed E-state index contributed by atoms with van der Waals surface area (Å²) < 4.78 is 0. The molecule has 0 aromatic heterocycles. The Hall–Kier alpha value is -0.0400. The van der Waals surface area contributed by atoms with Crippen LogP contribution in [-0.4, -0.2) is 12.6 Å². The average molecular weight is 169 g/mol. The zero-order valence-corrected chi connectivity index (χ0v) is 8.60. The maximum absolute atomic E-state index is 3.67. The van der Waals surface area contributed by atoms with Crippen molar-refractivity contribution < 1.29 is 0 Å². The Labute approximate surface area is 76.9 Å². The molecule has 0 aromatic rings. The maximum atomic E-state index is 3.67. The summed E-state index contributed by atoms with van der Waals surface area (Å²) in [5.41, 5.74) is 0. The van der Waals surface area contributed by atoms with Gasteiger partial charge in [0.05, 0.1) is 0 Å². The molecule has 1 atom stereocenters. The van der Waals surface area contributed by atoms with Crippen molar-refractivity contribution in [3.8, 4) is 0 Å². The van der Waals surface area contributed by atoms with Crippen molar-refractivity contribution >= 4 is 0 Å². The van der Waals surface area contributed by atoms with Crippen molar-refractivity contribution in [2.75, 3.05) is 6.54 Å². The second-order valence-corrected chi connectivity index (χ2v) is 4.01. The lowest BCUT2D eigenvalue weighted by Crippen LogP contribution is -2.31. The van der Waals surface area contributed by atoms with Crippen LogP contribution in [-0.2, 0) is 0 Å². The van der Waals surface area contributed by atoms with Gasteiger partial charge in [-0.2, -0.15) is 0 Å². The molecule has 0 aromatic carbocycles. The summed E-state index contributed by atoms with van der Waals surface area (Å²) in [6.07, 6.45) is 8.34. The highest BCUT2D eigenvalue weighted by molar-refractivity contribution is 4.85. The molecule has 1 fully saturated rings. The van der Waals surface area contributed by atoms with E-state index in [0.29, 0.717) is 0 Å². The van der Waals surface area contributed by atoms with Crippen molar-refractivity contribution in [3.05, 3.63) is 0 Å². The van der Waals surface area contributed by atoms with Crippen LogP contribution in [0.2, 0.25) is 0 Å². The predicted octanol–water partition coefficient (Wildman–Crippen LogP) is 2.95. The van der Waals surface area contributed by atoms with Crippen LogP contribution in [0.3, 0.4) is 0 Å². The summed E-state index contributed by atoms with van der Waals surface area (Å²) in [7, 11) is 0. The smallest absolute Gasteiger partial charge is 0.00927 e. The molecule has 0 heterocycles. The van der Waals surface area contributed by atoms with Gasteiger partial charge in [0, 0.05) is 6.04 Å². The Kier molecular flexibility index (Phi) is 4.67. The Balaban J connectivity index is 1.95. The number of rotatable bonds is 7. The quantitative estimate of drug-likeness (QED) is 0.578. The minimum absolute atomic E-state index is 0.835. The van der Waals surface area contributed by atoms with Gasteiger partial charge in [0.25, 0.3) is 0 Å². The summed E-state index contributed by atoms with van der Waals surface area (Å²) in [6.45, 7) is 5.80. The fourth-order valence-electron chi connectivity index (χ4n) is 1.81. The summed E-state index contributed by atoms with van der Waals surface area (Å²) >= 11 is 0. The molecule has 0 spiro atoms. The highest BCUT2D eigenvalue weighted by Crippen LogP contribution is 2.33. The van der Waals surface area contributed by atoms with Gasteiger partial charge in [-0.15, -0.1) is 0 Å². The van der Waals surface area contributed by atoms with Gasteiger partial charge in [-0.05, 0) is 38.1 Å². The van der Waals surface area contributed by atoms with Gasteiger partial charge in [-0.25, -0.2) is 0 Å². The summed E-state index contributed by atoms with van der Waals surface area (Å²) in [6, 6.07) is 0.835. The van der Waals surface area contributed by atoms with Crippen LogP contribution in [0.4, 0.5) is 0 Å². The van der Waals surface area contributed by atoms with Crippen molar-refractivity contribution in [2.45, 2.75) is 58.4 Å². The second kappa shape index (κ2) is 5.58. The fourth-order valence-corrected chi connectivity index (χ4v) is 1.81. The summed E-state index contributed by atoms with van der Waals surface area (Å²) in [5, 5.41) is 3.67. The van der Waals surface area contributed by atoms with Crippen molar-refractivity contribution in [2.24, 2.45) is 5.92 Å². The molecular weight excluding hydrogens is 146 g/mol. The molecule has 1 saturated carbocycles. The third-order valence-electron chi connectivity index (χ3n) is 2.82. The van der Waals surface area contributed by atoms with Gasteiger partial charge in [0.2, 0.25) is 0 Å². The lowest BCUT2D eigenvalue weighted by atomic mass is 10.1. The lowest BCUT2D eigenvalue weighted by Gasteiger charge is -2.15. The molecule has 0 amide bonds. The Morgan fingerprint density at radius 2 is 2.00 bits per heavy atom. The van der Waals surface area contributed by atoms with Crippen LogP contribution >= 0.6 is 0 Å². The largest absolute Gasteiger partial charge is 0.314 e. The van der Waals surface area contributed by atoms with E-state index < -0.39 is 0 Å². The van der Waals surface area contributed by atoms with Crippen LogP contribution in [0, 0.1) is 5.92 Å². The van der Waals surface area contributed by atoms with Crippen molar-refractivity contribution in [3.63, 3.8) is 0 Å². The van der Waals surface area contributed by atoms with E-state index in [4.69, 9.17) is 0 Å². The zero-order valence-electron chi connectivity index (χ0n) is 8.60. The molecule has 72 valence electrons. The monoisotopic (exact) mass is 169 g/mol. The third-order valence-corrected chi connectivity index (χ3v) is 2.82. The SMILES string of the molecule is CCCCCNC(CC)C1CC1. The summed E-state index contributed by atoms with van der Waals surface area (Å²) in [5.74, 6) is 1.02. The normalized spacial score (nSPS) is 19.5. The van der Waals surface area contributed by atoms with Gasteiger partial charge in [-0.1, -0.05) is 26.7 Å². The van der Waals surface area contributed by atoms with Gasteiger partial charge in [-0.3, -0.25) is 0 Å². The molecular formula is C11H23N. The molecule has 1 N–H and O–H groups in total. The molecule has 1 heteroatoms. The van der Waals surface area contributed by atoms with Crippen LogP contribution in [0.25, 0.3) is 0 Å². The first kappa shape index (κ1) is 10.0. The van der Waals surface area contributed by atoms with E-state index in [1.54, 1.807) is 0 Å². The molecule has 0 aliphatic heterocycles. The highest BCUT2D eigenvalue weighted by Gasteiger charge is 2.28. The van der Waals surface area contributed by atoms with Gasteiger partial charge < -0.3 is 5.32 Å². The zero-order chi connectivity index (χ0) is 8.81. The Morgan fingerprint density at radius 3 is 2.50 bits per heavy atom. The number of hydrogen-bond donors (Lipinski definition) is 1. The number of nitrogens with one attached hydrogen (secondary N) is 1. The van der Waals surface area contributed by atoms with E-state index in [0.717, 1.165) is 12.0 Å². The molecule has 12 heavy (non-hydrogen) atoms. The molecule has 1 nitrogen and oxygen atoms in total. The van der Waals surface area contributed by atoms with Crippen LogP contribution in [0.1, 0.15) is 52.4 Å². The topological polar surface area (TPSA) is 12.0 Å².